The van der Waals surface area contributed by atoms with Crippen molar-refractivity contribution in [2.75, 3.05) is 23.9 Å². The highest BCUT2D eigenvalue weighted by Crippen LogP contribution is 2.57. The Hall–Kier alpha value is -6.58. The van der Waals surface area contributed by atoms with Crippen molar-refractivity contribution in [2.45, 2.75) is 127 Å². The van der Waals surface area contributed by atoms with Crippen LogP contribution in [0.3, 0.4) is 0 Å². The molecule has 1 spiro atoms. The topological polar surface area (TPSA) is 11.4 Å². The van der Waals surface area contributed by atoms with E-state index in [1.54, 1.807) is 0 Å². The van der Waals surface area contributed by atoms with Gasteiger partial charge < -0.3 is 14.4 Å². The highest BCUT2D eigenvalue weighted by molar-refractivity contribution is 5.80. The van der Waals surface area contributed by atoms with Crippen LogP contribution >= 0.6 is 0 Å². The normalized spacial score (nSPS) is 15.2. The highest BCUT2D eigenvalue weighted by atomic mass is 15.1. The van der Waals surface area contributed by atoms with Crippen molar-refractivity contribution in [3.63, 3.8) is 0 Å². The van der Waals surface area contributed by atoms with Crippen LogP contribution in [0.4, 0.5) is 22.7 Å². The molecule has 0 saturated carbocycles. The Bertz CT molecular complexity index is 2470. The van der Waals surface area contributed by atoms with Crippen LogP contribution in [0, 0.1) is 0 Å². The third kappa shape index (κ3) is 10.2. The third-order valence-corrected chi connectivity index (χ3v) is 13.4. The molecule has 3 aliphatic heterocycles. The number of rotatable bonds is 0. The average Bonchev–Trinajstić information content (AvgIpc) is 4.06. The third-order valence-electron chi connectivity index (χ3n) is 13.4. The lowest BCUT2D eigenvalue weighted by Crippen LogP contribution is -2.39. The number of para-hydroxylation sites is 4. The first kappa shape index (κ1) is 56.0. The van der Waals surface area contributed by atoms with E-state index in [0.29, 0.717) is 17.8 Å². The van der Waals surface area contributed by atoms with Crippen molar-refractivity contribution >= 4 is 22.7 Å². The Morgan fingerprint density at radius 1 is 0.300 bits per heavy atom. The zero-order chi connectivity index (χ0) is 51.5. The molecule has 0 atom stereocenters. The van der Waals surface area contributed by atoms with E-state index in [4.69, 9.17) is 0 Å². The highest BCUT2D eigenvalue weighted by Gasteiger charge is 2.50. The standard InChI is InChI=1S/C25H19N.2C15H15N.6C2H6/c1-17-18-9-2-5-12-21(18)25(22-13-6-3-10-19(17)22)23-14-7-4-11-20(23)24-15-8-16-26(24)25;2*1-11-12-7-3-5-9-14(12)16(2)15-10-6-4-8-13(11)15;6*1-2/h2-17H,1H3;2*3-11H,1-2H3;6*1-2H3. The molecule has 12 rings (SSSR count). The van der Waals surface area contributed by atoms with Gasteiger partial charge in [0.15, 0.2) is 0 Å². The number of benzene rings is 7. The van der Waals surface area contributed by atoms with Crippen LogP contribution in [-0.2, 0) is 5.54 Å². The predicted octanol–water partition coefficient (Wildman–Crippen LogP) is 19.8. The zero-order valence-corrected chi connectivity index (χ0v) is 46.0. The molecule has 0 radical (unpaired) electrons. The van der Waals surface area contributed by atoms with Crippen LogP contribution in [0.15, 0.2) is 188 Å². The molecule has 8 aromatic rings. The number of anilines is 4. The van der Waals surface area contributed by atoms with Gasteiger partial charge in [-0.3, -0.25) is 0 Å². The van der Waals surface area contributed by atoms with Gasteiger partial charge in [0.1, 0.15) is 5.54 Å². The first-order valence-corrected chi connectivity index (χ1v) is 26.7. The number of fused-ring (bicyclic) bond motifs is 13. The van der Waals surface area contributed by atoms with E-state index in [2.05, 4.69) is 237 Å². The first-order chi connectivity index (χ1) is 34.4. The molecule has 3 nitrogen and oxygen atoms in total. The fourth-order valence-electron chi connectivity index (χ4n) is 10.5. The van der Waals surface area contributed by atoms with Gasteiger partial charge in [-0.2, -0.15) is 0 Å². The molecule has 368 valence electrons. The lowest BCUT2D eigenvalue weighted by molar-refractivity contribution is 0.515. The monoisotopic (exact) mass is 932 g/mol. The maximum absolute atomic E-state index is 2.49. The molecule has 1 aromatic heterocycles. The van der Waals surface area contributed by atoms with E-state index >= 15 is 0 Å². The second-order valence-electron chi connectivity index (χ2n) is 16.2. The lowest BCUT2D eigenvalue weighted by atomic mass is 9.66. The Kier molecular flexibility index (Phi) is 21.6. The van der Waals surface area contributed by atoms with E-state index in [-0.39, 0.29) is 5.54 Å². The van der Waals surface area contributed by atoms with Gasteiger partial charge >= 0.3 is 0 Å². The number of nitrogens with zero attached hydrogens (tertiary/aromatic N) is 3. The minimum Gasteiger partial charge on any atom is -0.344 e. The molecule has 7 aromatic carbocycles. The summed E-state index contributed by atoms with van der Waals surface area (Å²) in [6.07, 6.45) is 2.25. The van der Waals surface area contributed by atoms with E-state index in [9.17, 15) is 0 Å². The molecule has 70 heavy (non-hydrogen) atoms. The molecule has 0 fully saturated rings. The van der Waals surface area contributed by atoms with Gasteiger partial charge in [0.2, 0.25) is 0 Å². The summed E-state index contributed by atoms with van der Waals surface area (Å²) in [4.78, 5) is 4.56. The molecule has 4 aliphatic rings. The molecule has 0 unspecified atom stereocenters. The van der Waals surface area contributed by atoms with Crippen molar-refractivity contribution in [2.24, 2.45) is 0 Å². The van der Waals surface area contributed by atoms with Gasteiger partial charge in [-0.05, 0) is 86.5 Å². The summed E-state index contributed by atoms with van der Waals surface area (Å²) in [6.45, 7) is 30.9. The Balaban J connectivity index is 0.000000213. The van der Waals surface area contributed by atoms with Crippen molar-refractivity contribution < 1.29 is 0 Å². The summed E-state index contributed by atoms with van der Waals surface area (Å²) in [5.41, 5.74) is 20.4. The molecule has 3 heteroatoms. The Morgan fingerprint density at radius 3 is 0.929 bits per heavy atom. The maximum atomic E-state index is 2.49. The van der Waals surface area contributed by atoms with Gasteiger partial charge in [-0.25, -0.2) is 0 Å². The van der Waals surface area contributed by atoms with Gasteiger partial charge in [0.25, 0.3) is 0 Å². The predicted molar refractivity (Wildman–Crippen MR) is 311 cm³/mol. The molecule has 0 bridgehead atoms. The van der Waals surface area contributed by atoms with Crippen LogP contribution in [0.25, 0.3) is 11.3 Å². The lowest BCUT2D eigenvalue weighted by Gasteiger charge is -2.43. The SMILES string of the molecule is CC.CC.CC.CC.CC.CC.CC1c2ccccc2C2(c3ccccc3-c3cccn32)c2ccccc21.CC1c2ccccc2N(C)c2ccccc21.CC1c2ccccc2N(C)c2ccccc21. The second-order valence-corrected chi connectivity index (χ2v) is 16.2. The van der Waals surface area contributed by atoms with Crippen molar-refractivity contribution in [3.8, 4) is 11.3 Å². The van der Waals surface area contributed by atoms with Crippen LogP contribution in [0.1, 0.15) is 172 Å². The zero-order valence-electron chi connectivity index (χ0n) is 46.0. The minimum atomic E-state index is -0.269. The number of aromatic nitrogens is 1. The van der Waals surface area contributed by atoms with Crippen LogP contribution in [-0.4, -0.2) is 18.7 Å². The van der Waals surface area contributed by atoms with Gasteiger partial charge in [0.05, 0.1) is 0 Å². The van der Waals surface area contributed by atoms with E-state index in [0.717, 1.165) is 0 Å². The molecule has 0 N–H and O–H groups in total. The summed E-state index contributed by atoms with van der Waals surface area (Å²) < 4.78 is 2.49. The Labute approximate surface area is 425 Å². The molecular formula is C67H85N3. The summed E-state index contributed by atoms with van der Waals surface area (Å²) in [7, 11) is 4.28. The van der Waals surface area contributed by atoms with Crippen molar-refractivity contribution in [1.82, 2.24) is 4.57 Å². The van der Waals surface area contributed by atoms with Gasteiger partial charge in [-0.1, -0.05) is 249 Å². The van der Waals surface area contributed by atoms with Crippen LogP contribution in [0.5, 0.6) is 0 Å². The van der Waals surface area contributed by atoms with Gasteiger partial charge in [-0.15, -0.1) is 0 Å². The number of hydrogen-bond acceptors (Lipinski definition) is 2. The molecular weight excluding hydrogens is 847 g/mol. The van der Waals surface area contributed by atoms with Crippen LogP contribution in [0.2, 0.25) is 0 Å². The molecule has 0 saturated heterocycles. The largest absolute Gasteiger partial charge is 0.344 e. The fraction of sp³-hybridized carbons (Fsp3) is 0.313. The number of hydrogen-bond donors (Lipinski definition) is 0. The fourth-order valence-corrected chi connectivity index (χ4v) is 10.5. The van der Waals surface area contributed by atoms with Gasteiger partial charge in [0, 0.05) is 72.1 Å². The maximum Gasteiger partial charge on any atom is 0.121 e. The molecule has 0 amide bonds. The van der Waals surface area contributed by atoms with E-state index in [1.807, 2.05) is 83.1 Å². The quantitative estimate of drug-likeness (QED) is 0.150. The van der Waals surface area contributed by atoms with Crippen molar-refractivity contribution in [3.05, 3.63) is 238 Å². The molecule has 1 aliphatic carbocycles. The van der Waals surface area contributed by atoms with Crippen molar-refractivity contribution in [1.29, 1.82) is 0 Å². The minimum absolute atomic E-state index is 0.269. The smallest absolute Gasteiger partial charge is 0.121 e. The first-order valence-electron chi connectivity index (χ1n) is 26.7. The summed E-state index contributed by atoms with van der Waals surface area (Å²) in [5, 5.41) is 0. The van der Waals surface area contributed by atoms with E-state index < -0.39 is 0 Å². The Morgan fingerprint density at radius 2 is 0.571 bits per heavy atom. The summed E-state index contributed by atoms with van der Waals surface area (Å²) in [6, 6.07) is 65.9. The average molecular weight is 932 g/mol. The van der Waals surface area contributed by atoms with E-state index in [1.165, 1.54) is 84.1 Å². The summed E-state index contributed by atoms with van der Waals surface area (Å²) >= 11 is 0. The second kappa shape index (κ2) is 27.0. The summed E-state index contributed by atoms with van der Waals surface area (Å²) in [5.74, 6) is 1.38. The van der Waals surface area contributed by atoms with Crippen LogP contribution < -0.4 is 9.80 Å². The molecule has 4 heterocycles.